The van der Waals surface area contributed by atoms with Crippen molar-refractivity contribution in [2.24, 2.45) is 7.05 Å². The van der Waals surface area contributed by atoms with Gasteiger partial charge in [-0.1, -0.05) is 29.4 Å². The lowest BCUT2D eigenvalue weighted by molar-refractivity contribution is 0.616. The second kappa shape index (κ2) is 6.33. The minimum absolute atomic E-state index is 0.194. The molecule has 0 unspecified atom stereocenters. The van der Waals surface area contributed by atoms with Crippen LogP contribution in [0, 0.1) is 5.82 Å². The molecule has 0 amide bonds. The minimum Gasteiger partial charge on any atom is -0.286 e. The van der Waals surface area contributed by atoms with Gasteiger partial charge < -0.3 is 0 Å². The number of halogens is 2. The molecule has 0 aliphatic heterocycles. The molecule has 1 aromatic carbocycles. The van der Waals surface area contributed by atoms with Crippen LogP contribution >= 0.6 is 23.4 Å². The Morgan fingerprint density at radius 3 is 2.87 bits per heavy atom. The fourth-order valence-corrected chi connectivity index (χ4v) is 3.69. The van der Waals surface area contributed by atoms with Gasteiger partial charge in [0.2, 0.25) is 0 Å². The molecular formula is C15H14ClFN4OS. The summed E-state index contributed by atoms with van der Waals surface area (Å²) in [6.45, 7) is 2.32. The van der Waals surface area contributed by atoms with Crippen LogP contribution in [0.4, 0.5) is 4.39 Å². The van der Waals surface area contributed by atoms with Crippen LogP contribution < -0.4 is 5.56 Å². The standard InChI is InChI=1S/C15H14ClFN4OS/c1-3-21-14(22)13-12(7-20(2)19-13)18-15(21)23-8-9-10(16)5-4-6-11(9)17/h4-7H,3,8H2,1-2H3. The number of benzene rings is 1. The molecule has 0 atom stereocenters. The molecule has 2 heterocycles. The quantitative estimate of drug-likeness (QED) is 0.534. The molecule has 0 bridgehead atoms. The Morgan fingerprint density at radius 2 is 2.17 bits per heavy atom. The van der Waals surface area contributed by atoms with E-state index in [0.717, 1.165) is 0 Å². The van der Waals surface area contributed by atoms with Crippen molar-refractivity contribution in [3.05, 3.63) is 51.2 Å². The van der Waals surface area contributed by atoms with E-state index in [-0.39, 0.29) is 11.4 Å². The summed E-state index contributed by atoms with van der Waals surface area (Å²) < 4.78 is 17.0. The maximum Gasteiger partial charge on any atom is 0.282 e. The molecule has 0 aliphatic carbocycles. The summed E-state index contributed by atoms with van der Waals surface area (Å²) in [5.74, 6) is -0.0677. The van der Waals surface area contributed by atoms with Crippen LogP contribution in [0.5, 0.6) is 0 Å². The summed E-state index contributed by atoms with van der Waals surface area (Å²) in [7, 11) is 1.74. The zero-order valence-electron chi connectivity index (χ0n) is 12.6. The Labute approximate surface area is 141 Å². The number of aryl methyl sites for hydroxylation is 1. The Morgan fingerprint density at radius 1 is 1.39 bits per heavy atom. The van der Waals surface area contributed by atoms with Crippen LogP contribution in [-0.2, 0) is 19.3 Å². The highest BCUT2D eigenvalue weighted by molar-refractivity contribution is 7.98. The Balaban J connectivity index is 2.01. The van der Waals surface area contributed by atoms with Crippen molar-refractivity contribution in [2.75, 3.05) is 0 Å². The Hall–Kier alpha value is -1.86. The topological polar surface area (TPSA) is 52.7 Å². The van der Waals surface area contributed by atoms with Crippen LogP contribution in [0.25, 0.3) is 11.0 Å². The molecule has 0 N–H and O–H groups in total. The normalized spacial score (nSPS) is 11.3. The molecule has 0 fully saturated rings. The monoisotopic (exact) mass is 352 g/mol. The predicted molar refractivity (Wildman–Crippen MR) is 89.4 cm³/mol. The van der Waals surface area contributed by atoms with Crippen LogP contribution in [0.2, 0.25) is 5.02 Å². The summed E-state index contributed by atoms with van der Waals surface area (Å²) in [6.07, 6.45) is 1.69. The first-order chi connectivity index (χ1) is 11.0. The highest BCUT2D eigenvalue weighted by atomic mass is 35.5. The molecule has 3 rings (SSSR count). The van der Waals surface area contributed by atoms with Gasteiger partial charge in [-0.05, 0) is 19.1 Å². The number of rotatable bonds is 4. The average Bonchev–Trinajstić information content (AvgIpc) is 2.88. The molecule has 3 aromatic rings. The number of hydrogen-bond donors (Lipinski definition) is 0. The van der Waals surface area contributed by atoms with Gasteiger partial charge in [0.15, 0.2) is 10.7 Å². The average molecular weight is 353 g/mol. The summed E-state index contributed by atoms with van der Waals surface area (Å²) in [6, 6.07) is 4.57. The number of fused-ring (bicyclic) bond motifs is 1. The second-order valence-corrected chi connectivity index (χ2v) is 6.32. The van der Waals surface area contributed by atoms with E-state index in [9.17, 15) is 9.18 Å². The number of hydrogen-bond acceptors (Lipinski definition) is 4. The first-order valence-electron chi connectivity index (χ1n) is 7.01. The lowest BCUT2D eigenvalue weighted by Crippen LogP contribution is -2.22. The molecule has 0 aliphatic rings. The fourth-order valence-electron chi connectivity index (χ4n) is 2.28. The van der Waals surface area contributed by atoms with E-state index in [1.54, 1.807) is 30.1 Å². The second-order valence-electron chi connectivity index (χ2n) is 4.97. The first kappa shape index (κ1) is 16.0. The van der Waals surface area contributed by atoms with Crippen LogP contribution in [0.1, 0.15) is 12.5 Å². The van der Waals surface area contributed by atoms with Crippen molar-refractivity contribution in [1.82, 2.24) is 19.3 Å². The summed E-state index contributed by atoms with van der Waals surface area (Å²) in [5, 5.41) is 5.03. The molecule has 8 heteroatoms. The van der Waals surface area contributed by atoms with Crippen LogP contribution in [0.3, 0.4) is 0 Å². The van der Waals surface area contributed by atoms with Gasteiger partial charge in [0.1, 0.15) is 11.3 Å². The lowest BCUT2D eigenvalue weighted by atomic mass is 10.2. The van der Waals surface area contributed by atoms with Crippen molar-refractivity contribution in [3.63, 3.8) is 0 Å². The van der Waals surface area contributed by atoms with Crippen molar-refractivity contribution in [3.8, 4) is 0 Å². The third-order valence-electron chi connectivity index (χ3n) is 3.43. The minimum atomic E-state index is -0.363. The zero-order chi connectivity index (χ0) is 16.6. The fraction of sp³-hybridized carbons (Fsp3) is 0.267. The maximum absolute atomic E-state index is 13.9. The molecule has 0 saturated carbocycles. The molecule has 0 spiro atoms. The van der Waals surface area contributed by atoms with Gasteiger partial charge >= 0.3 is 0 Å². The van der Waals surface area contributed by atoms with Gasteiger partial charge in [0.25, 0.3) is 5.56 Å². The molecule has 5 nitrogen and oxygen atoms in total. The Bertz CT molecular complexity index is 917. The summed E-state index contributed by atoms with van der Waals surface area (Å²) in [4.78, 5) is 17.0. The molecular weight excluding hydrogens is 339 g/mol. The van der Waals surface area contributed by atoms with Gasteiger partial charge in [-0.2, -0.15) is 5.10 Å². The van der Waals surface area contributed by atoms with E-state index in [2.05, 4.69) is 10.1 Å². The molecule has 2 aromatic heterocycles. The lowest BCUT2D eigenvalue weighted by Gasteiger charge is -2.10. The summed E-state index contributed by atoms with van der Waals surface area (Å²) in [5.41, 5.74) is 1.08. The van der Waals surface area contributed by atoms with Crippen molar-refractivity contribution in [1.29, 1.82) is 0 Å². The number of thioether (sulfide) groups is 1. The maximum atomic E-state index is 13.9. The highest BCUT2D eigenvalue weighted by Crippen LogP contribution is 2.27. The number of nitrogens with zero attached hydrogens (tertiary/aromatic N) is 4. The molecule has 0 radical (unpaired) electrons. The molecule has 23 heavy (non-hydrogen) atoms. The van der Waals surface area contributed by atoms with E-state index >= 15 is 0 Å². The zero-order valence-corrected chi connectivity index (χ0v) is 14.2. The summed E-state index contributed by atoms with van der Waals surface area (Å²) >= 11 is 7.33. The Kier molecular flexibility index (Phi) is 4.41. The predicted octanol–water partition coefficient (Wildman–Crippen LogP) is 3.23. The van der Waals surface area contributed by atoms with E-state index in [1.165, 1.54) is 22.4 Å². The van der Waals surface area contributed by atoms with Gasteiger partial charge in [0, 0.05) is 29.9 Å². The molecule has 120 valence electrons. The van der Waals surface area contributed by atoms with Gasteiger partial charge in [-0.25, -0.2) is 9.37 Å². The van der Waals surface area contributed by atoms with E-state index < -0.39 is 0 Å². The van der Waals surface area contributed by atoms with Crippen molar-refractivity contribution >= 4 is 34.4 Å². The SMILES string of the molecule is CCn1c(SCc2c(F)cccc2Cl)nc2cn(C)nc2c1=O. The van der Waals surface area contributed by atoms with E-state index in [0.29, 0.717) is 39.1 Å². The van der Waals surface area contributed by atoms with Crippen molar-refractivity contribution in [2.45, 2.75) is 24.4 Å². The van der Waals surface area contributed by atoms with Crippen LogP contribution in [0.15, 0.2) is 34.3 Å². The van der Waals surface area contributed by atoms with Gasteiger partial charge in [0.05, 0.1) is 6.20 Å². The van der Waals surface area contributed by atoms with Crippen LogP contribution in [-0.4, -0.2) is 19.3 Å². The number of aromatic nitrogens is 4. The smallest absolute Gasteiger partial charge is 0.282 e. The van der Waals surface area contributed by atoms with Gasteiger partial charge in [-0.15, -0.1) is 0 Å². The third-order valence-corrected chi connectivity index (χ3v) is 4.78. The first-order valence-corrected chi connectivity index (χ1v) is 8.37. The van der Waals surface area contributed by atoms with Crippen molar-refractivity contribution < 1.29 is 4.39 Å². The van der Waals surface area contributed by atoms with Gasteiger partial charge in [-0.3, -0.25) is 14.0 Å². The van der Waals surface area contributed by atoms with E-state index in [1.807, 2.05) is 6.92 Å². The third kappa shape index (κ3) is 2.98. The highest BCUT2D eigenvalue weighted by Gasteiger charge is 2.15. The molecule has 0 saturated heterocycles. The van der Waals surface area contributed by atoms with E-state index in [4.69, 9.17) is 11.6 Å². The largest absolute Gasteiger partial charge is 0.286 e.